The lowest BCUT2D eigenvalue weighted by Gasteiger charge is -2.10. The van der Waals surface area contributed by atoms with Crippen LogP contribution in [0.3, 0.4) is 0 Å². The topological polar surface area (TPSA) is 84.5 Å². The predicted octanol–water partition coefficient (Wildman–Crippen LogP) is 3.71. The minimum atomic E-state index is -0.331. The zero-order chi connectivity index (χ0) is 19.2. The number of carbonyl (C=O) groups is 3. The number of fused-ring (bicyclic) bond motifs is 1. The average Bonchev–Trinajstić information content (AvgIpc) is 3.31. The second-order valence-electron chi connectivity index (χ2n) is 6.65. The average molecular weight is 388 g/mol. The molecule has 3 rings (SSSR count). The van der Waals surface area contributed by atoms with Crippen LogP contribution in [0, 0.1) is 5.92 Å². The molecule has 0 bridgehead atoms. The maximum absolute atomic E-state index is 12.1. The second-order valence-corrected chi connectivity index (χ2v) is 7.74. The molecule has 1 aromatic heterocycles. The SMILES string of the molecule is CCOC(=O)c1cc2cc(NC(=O)CCNC(=O)C3CCCC3)ccc2s1. The van der Waals surface area contributed by atoms with Gasteiger partial charge in [0.15, 0.2) is 0 Å². The van der Waals surface area contributed by atoms with E-state index in [9.17, 15) is 14.4 Å². The van der Waals surface area contributed by atoms with Gasteiger partial charge in [0.2, 0.25) is 11.8 Å². The van der Waals surface area contributed by atoms with Crippen LogP contribution in [-0.4, -0.2) is 30.9 Å². The molecule has 2 N–H and O–H groups in total. The third kappa shape index (κ3) is 5.07. The van der Waals surface area contributed by atoms with Crippen LogP contribution in [0.2, 0.25) is 0 Å². The Kier molecular flexibility index (Phi) is 6.45. The maximum Gasteiger partial charge on any atom is 0.348 e. The van der Waals surface area contributed by atoms with Crippen LogP contribution >= 0.6 is 11.3 Å². The van der Waals surface area contributed by atoms with Crippen LogP contribution in [0.1, 0.15) is 48.7 Å². The van der Waals surface area contributed by atoms with Gasteiger partial charge >= 0.3 is 5.97 Å². The Morgan fingerprint density at radius 3 is 2.70 bits per heavy atom. The lowest BCUT2D eigenvalue weighted by molar-refractivity contribution is -0.124. The van der Waals surface area contributed by atoms with E-state index in [2.05, 4.69) is 10.6 Å². The lowest BCUT2D eigenvalue weighted by atomic mass is 10.1. The van der Waals surface area contributed by atoms with Crippen molar-refractivity contribution < 1.29 is 19.1 Å². The van der Waals surface area contributed by atoms with Gasteiger partial charge in [-0.1, -0.05) is 12.8 Å². The Morgan fingerprint density at radius 1 is 1.19 bits per heavy atom. The number of rotatable bonds is 7. The molecule has 0 unspecified atom stereocenters. The minimum Gasteiger partial charge on any atom is -0.462 e. The third-order valence-electron chi connectivity index (χ3n) is 4.65. The van der Waals surface area contributed by atoms with Gasteiger partial charge in [-0.05, 0) is 49.4 Å². The normalized spacial score (nSPS) is 14.3. The van der Waals surface area contributed by atoms with Crippen molar-refractivity contribution in [2.24, 2.45) is 5.92 Å². The Hall–Kier alpha value is -2.41. The minimum absolute atomic E-state index is 0.0616. The Labute approximate surface area is 162 Å². The van der Waals surface area contributed by atoms with Crippen LogP contribution in [0.15, 0.2) is 24.3 Å². The van der Waals surface area contributed by atoms with Gasteiger partial charge in [0.1, 0.15) is 4.88 Å². The van der Waals surface area contributed by atoms with Crippen molar-refractivity contribution in [1.82, 2.24) is 5.32 Å². The number of anilines is 1. The number of hydrogen-bond acceptors (Lipinski definition) is 5. The summed E-state index contributed by atoms with van der Waals surface area (Å²) in [6.07, 6.45) is 4.36. The van der Waals surface area contributed by atoms with E-state index in [0.29, 0.717) is 23.7 Å². The highest BCUT2D eigenvalue weighted by atomic mass is 32.1. The summed E-state index contributed by atoms with van der Waals surface area (Å²) in [6, 6.07) is 7.29. The van der Waals surface area contributed by atoms with E-state index in [1.807, 2.05) is 18.2 Å². The van der Waals surface area contributed by atoms with Crippen molar-refractivity contribution in [3.63, 3.8) is 0 Å². The van der Waals surface area contributed by atoms with Crippen molar-refractivity contribution in [1.29, 1.82) is 0 Å². The van der Waals surface area contributed by atoms with E-state index in [-0.39, 0.29) is 30.1 Å². The number of amides is 2. The van der Waals surface area contributed by atoms with E-state index in [4.69, 9.17) is 4.74 Å². The summed E-state index contributed by atoms with van der Waals surface area (Å²) in [4.78, 5) is 36.4. The zero-order valence-electron chi connectivity index (χ0n) is 15.4. The highest BCUT2D eigenvalue weighted by molar-refractivity contribution is 7.20. The summed E-state index contributed by atoms with van der Waals surface area (Å²) >= 11 is 1.37. The number of hydrogen-bond donors (Lipinski definition) is 2. The molecular weight excluding hydrogens is 364 g/mol. The largest absolute Gasteiger partial charge is 0.462 e. The second kappa shape index (κ2) is 8.99. The van der Waals surface area contributed by atoms with Gasteiger partial charge in [-0.25, -0.2) is 4.79 Å². The van der Waals surface area contributed by atoms with E-state index in [1.165, 1.54) is 11.3 Å². The predicted molar refractivity (Wildman–Crippen MR) is 106 cm³/mol. The highest BCUT2D eigenvalue weighted by Gasteiger charge is 2.22. The van der Waals surface area contributed by atoms with E-state index in [0.717, 1.165) is 35.8 Å². The Morgan fingerprint density at radius 2 is 1.96 bits per heavy atom. The summed E-state index contributed by atoms with van der Waals surface area (Å²) in [5, 5.41) is 6.57. The molecule has 27 heavy (non-hydrogen) atoms. The Bertz CT molecular complexity index is 840. The number of thiophene rings is 1. The summed E-state index contributed by atoms with van der Waals surface area (Å²) in [6.45, 7) is 2.45. The van der Waals surface area contributed by atoms with Gasteiger partial charge in [-0.3, -0.25) is 9.59 Å². The molecule has 1 aliphatic rings. The Balaban J connectivity index is 1.51. The summed E-state index contributed by atoms with van der Waals surface area (Å²) in [5.41, 5.74) is 0.669. The molecule has 2 amide bonds. The van der Waals surface area contributed by atoms with Crippen molar-refractivity contribution in [3.8, 4) is 0 Å². The van der Waals surface area contributed by atoms with Gasteiger partial charge in [0.05, 0.1) is 6.61 Å². The summed E-state index contributed by atoms with van der Waals surface area (Å²) < 4.78 is 5.98. The standard InChI is InChI=1S/C20H24N2O4S/c1-2-26-20(25)17-12-14-11-15(7-8-16(14)27-17)22-18(23)9-10-21-19(24)13-5-3-4-6-13/h7-8,11-13H,2-6,9-10H2,1H3,(H,21,24)(H,22,23). The molecule has 0 atom stereocenters. The molecule has 1 heterocycles. The van der Waals surface area contributed by atoms with Gasteiger partial charge in [0.25, 0.3) is 0 Å². The molecule has 2 aromatic rings. The van der Waals surface area contributed by atoms with Crippen molar-refractivity contribution in [2.75, 3.05) is 18.5 Å². The molecule has 7 heteroatoms. The van der Waals surface area contributed by atoms with Gasteiger partial charge in [0, 0.05) is 29.3 Å². The molecule has 0 radical (unpaired) electrons. The number of ether oxygens (including phenoxy) is 1. The first-order valence-electron chi connectivity index (χ1n) is 9.35. The molecule has 1 aromatic carbocycles. The van der Waals surface area contributed by atoms with Gasteiger partial charge in [-0.2, -0.15) is 0 Å². The number of benzene rings is 1. The molecule has 144 valence electrons. The number of esters is 1. The van der Waals surface area contributed by atoms with Crippen LogP contribution < -0.4 is 10.6 Å². The molecule has 1 aliphatic carbocycles. The third-order valence-corrected chi connectivity index (χ3v) is 5.75. The van der Waals surface area contributed by atoms with Gasteiger partial charge < -0.3 is 15.4 Å². The van der Waals surface area contributed by atoms with Crippen molar-refractivity contribution in [2.45, 2.75) is 39.0 Å². The maximum atomic E-state index is 12.1. The fourth-order valence-electron chi connectivity index (χ4n) is 3.28. The molecular formula is C20H24N2O4S. The quantitative estimate of drug-likeness (QED) is 0.708. The van der Waals surface area contributed by atoms with E-state index in [1.54, 1.807) is 13.0 Å². The highest BCUT2D eigenvalue weighted by Crippen LogP contribution is 2.29. The fourth-order valence-corrected chi connectivity index (χ4v) is 4.22. The molecule has 6 nitrogen and oxygen atoms in total. The number of nitrogens with one attached hydrogen (secondary N) is 2. The van der Waals surface area contributed by atoms with Crippen LogP contribution in [0.25, 0.3) is 10.1 Å². The molecule has 1 saturated carbocycles. The first-order chi connectivity index (χ1) is 13.1. The monoisotopic (exact) mass is 388 g/mol. The van der Waals surface area contributed by atoms with E-state index < -0.39 is 0 Å². The molecule has 1 fully saturated rings. The first-order valence-corrected chi connectivity index (χ1v) is 10.2. The van der Waals surface area contributed by atoms with Crippen LogP contribution in [-0.2, 0) is 14.3 Å². The van der Waals surface area contributed by atoms with Gasteiger partial charge in [-0.15, -0.1) is 11.3 Å². The molecule has 0 saturated heterocycles. The smallest absolute Gasteiger partial charge is 0.348 e. The van der Waals surface area contributed by atoms with Crippen molar-refractivity contribution in [3.05, 3.63) is 29.1 Å². The van der Waals surface area contributed by atoms with E-state index >= 15 is 0 Å². The molecule has 0 aliphatic heterocycles. The summed E-state index contributed by atoms with van der Waals surface area (Å²) in [7, 11) is 0. The van der Waals surface area contributed by atoms with Crippen LogP contribution in [0.4, 0.5) is 5.69 Å². The molecule has 0 spiro atoms. The zero-order valence-corrected chi connectivity index (χ0v) is 16.2. The lowest BCUT2D eigenvalue weighted by Crippen LogP contribution is -2.31. The fraction of sp³-hybridized carbons (Fsp3) is 0.450. The number of carbonyl (C=O) groups excluding carboxylic acids is 3. The van der Waals surface area contributed by atoms with Crippen LogP contribution in [0.5, 0.6) is 0 Å². The summed E-state index contributed by atoms with van der Waals surface area (Å²) in [5.74, 6) is -0.307. The van der Waals surface area contributed by atoms with Crippen molar-refractivity contribution >= 4 is 44.9 Å². The first kappa shape index (κ1) is 19.4.